The summed E-state index contributed by atoms with van der Waals surface area (Å²) in [5, 5.41) is 19.0. The highest BCUT2D eigenvalue weighted by Crippen LogP contribution is 2.27. The molecule has 1 amide bonds. The molecular weight excluding hydrogens is 498 g/mol. The Hall–Kier alpha value is -4.10. The molecule has 1 saturated carbocycles. The smallest absolute Gasteiger partial charge is 0.252 e. The first-order chi connectivity index (χ1) is 18.9. The fourth-order valence-electron chi connectivity index (χ4n) is 4.57. The van der Waals surface area contributed by atoms with E-state index in [0.717, 1.165) is 29.9 Å². The lowest BCUT2D eigenvalue weighted by Gasteiger charge is -2.37. The van der Waals surface area contributed by atoms with E-state index < -0.39 is 0 Å². The van der Waals surface area contributed by atoms with Gasteiger partial charge < -0.3 is 20.7 Å². The molecule has 1 aliphatic carbocycles. The number of nitrogens with one attached hydrogen (secondary N) is 3. The Morgan fingerprint density at radius 3 is 2.72 bits per heavy atom. The quantitative estimate of drug-likeness (QED) is 0.249. The number of amides is 1. The van der Waals surface area contributed by atoms with Crippen LogP contribution in [0.1, 0.15) is 35.3 Å². The number of hydrogen-bond acceptors (Lipinski definition) is 10. The highest BCUT2D eigenvalue weighted by molar-refractivity contribution is 5.96. The van der Waals surface area contributed by atoms with Crippen molar-refractivity contribution in [2.75, 3.05) is 44.0 Å². The second-order valence-electron chi connectivity index (χ2n) is 9.78. The minimum Gasteiger partial charge on any atom is -0.383 e. The van der Waals surface area contributed by atoms with E-state index in [0.29, 0.717) is 47.9 Å². The van der Waals surface area contributed by atoms with Gasteiger partial charge in [-0.2, -0.15) is 15.2 Å². The molecule has 39 heavy (non-hydrogen) atoms. The molecule has 0 spiro atoms. The molecule has 0 unspecified atom stereocenters. The van der Waals surface area contributed by atoms with Gasteiger partial charge in [-0.05, 0) is 25.8 Å². The van der Waals surface area contributed by atoms with Crippen LogP contribution in [0.3, 0.4) is 0 Å². The molecule has 1 fully saturated rings. The maximum atomic E-state index is 12.9. The maximum Gasteiger partial charge on any atom is 0.252 e. The molecule has 0 atom stereocenters. The van der Waals surface area contributed by atoms with Gasteiger partial charge in [0.2, 0.25) is 5.95 Å². The van der Waals surface area contributed by atoms with Crippen LogP contribution in [0, 0.1) is 6.92 Å². The molecule has 5 rings (SSSR count). The Morgan fingerprint density at radius 1 is 1.15 bits per heavy atom. The van der Waals surface area contributed by atoms with E-state index in [4.69, 9.17) is 4.74 Å². The fraction of sp³-hybridized carbons (Fsp3) is 0.462. The van der Waals surface area contributed by atoms with Crippen molar-refractivity contribution in [3.05, 3.63) is 42.1 Å². The van der Waals surface area contributed by atoms with Gasteiger partial charge in [0.05, 0.1) is 40.8 Å². The van der Waals surface area contributed by atoms with Gasteiger partial charge in [-0.25, -0.2) is 9.67 Å². The number of ether oxygens (including phenoxy) is 1. The van der Waals surface area contributed by atoms with Gasteiger partial charge in [-0.1, -0.05) is 6.42 Å². The number of methoxy groups -OCH3 is 1. The number of aryl methyl sites for hydroxylation is 3. The van der Waals surface area contributed by atoms with Crippen molar-refractivity contribution in [3.8, 4) is 0 Å². The first-order valence-corrected chi connectivity index (χ1v) is 13.1. The van der Waals surface area contributed by atoms with Gasteiger partial charge in [0.1, 0.15) is 0 Å². The van der Waals surface area contributed by atoms with Gasteiger partial charge in [-0.3, -0.25) is 19.4 Å². The van der Waals surface area contributed by atoms with Gasteiger partial charge in [0.15, 0.2) is 11.5 Å². The summed E-state index contributed by atoms with van der Waals surface area (Å²) in [7, 11) is 5.39. The summed E-state index contributed by atoms with van der Waals surface area (Å²) in [6.45, 7) is 4.81. The van der Waals surface area contributed by atoms with E-state index in [2.05, 4.69) is 46.0 Å². The normalized spacial score (nSPS) is 13.6. The first-order valence-electron chi connectivity index (χ1n) is 13.1. The van der Waals surface area contributed by atoms with Crippen LogP contribution in [0.4, 0.5) is 23.1 Å². The SMILES string of the molecule is COCCN(CCNC(=O)c1cnc(C)c(Nc2nn(C)c3nc(Nc4cnn(C)c4)ncc23)c1)C1CCC1. The van der Waals surface area contributed by atoms with Crippen LogP contribution in [0.2, 0.25) is 0 Å². The van der Waals surface area contributed by atoms with E-state index in [1.165, 1.54) is 19.3 Å². The van der Waals surface area contributed by atoms with Crippen molar-refractivity contribution in [3.63, 3.8) is 0 Å². The molecule has 13 nitrogen and oxygen atoms in total. The third-order valence-corrected chi connectivity index (χ3v) is 7.00. The minimum absolute atomic E-state index is 0.161. The number of fused-ring (bicyclic) bond motifs is 1. The van der Waals surface area contributed by atoms with Crippen molar-refractivity contribution in [1.29, 1.82) is 0 Å². The zero-order chi connectivity index (χ0) is 27.4. The molecule has 3 N–H and O–H groups in total. The molecule has 0 aromatic carbocycles. The topological polar surface area (TPSA) is 140 Å². The molecule has 4 heterocycles. The lowest BCUT2D eigenvalue weighted by molar-refractivity contribution is 0.0813. The Morgan fingerprint density at radius 2 is 2.00 bits per heavy atom. The van der Waals surface area contributed by atoms with Crippen LogP contribution in [0.25, 0.3) is 11.0 Å². The monoisotopic (exact) mass is 533 g/mol. The second kappa shape index (κ2) is 11.7. The molecule has 0 bridgehead atoms. The van der Waals surface area contributed by atoms with Crippen LogP contribution in [-0.2, 0) is 18.8 Å². The predicted octanol–water partition coefficient (Wildman–Crippen LogP) is 2.52. The number of aromatic nitrogens is 7. The number of carbonyl (C=O) groups is 1. The van der Waals surface area contributed by atoms with E-state index >= 15 is 0 Å². The Kier molecular flexibility index (Phi) is 7.98. The Bertz CT molecular complexity index is 1440. The zero-order valence-electron chi connectivity index (χ0n) is 22.8. The van der Waals surface area contributed by atoms with Crippen LogP contribution in [0.15, 0.2) is 30.9 Å². The largest absolute Gasteiger partial charge is 0.383 e. The van der Waals surface area contributed by atoms with Gasteiger partial charge in [0, 0.05) is 65.5 Å². The minimum atomic E-state index is -0.161. The average Bonchev–Trinajstić information content (AvgIpc) is 3.44. The average molecular weight is 534 g/mol. The third kappa shape index (κ3) is 6.15. The summed E-state index contributed by atoms with van der Waals surface area (Å²) in [5.74, 6) is 0.864. The molecule has 1 aliphatic rings. The molecular formula is C26H35N11O2. The second-order valence-corrected chi connectivity index (χ2v) is 9.78. The van der Waals surface area contributed by atoms with Crippen LogP contribution < -0.4 is 16.0 Å². The molecule has 0 aliphatic heterocycles. The Balaban J connectivity index is 1.25. The number of nitrogens with zero attached hydrogens (tertiary/aromatic N) is 8. The van der Waals surface area contributed by atoms with Crippen molar-refractivity contribution in [1.82, 2.24) is 44.7 Å². The molecule has 4 aromatic heterocycles. The van der Waals surface area contributed by atoms with Crippen LogP contribution >= 0.6 is 0 Å². The fourth-order valence-corrected chi connectivity index (χ4v) is 4.57. The summed E-state index contributed by atoms with van der Waals surface area (Å²) in [5.41, 5.74) is 3.37. The highest BCUT2D eigenvalue weighted by atomic mass is 16.5. The summed E-state index contributed by atoms with van der Waals surface area (Å²) < 4.78 is 8.64. The van der Waals surface area contributed by atoms with Crippen LogP contribution in [-0.4, -0.2) is 84.7 Å². The number of pyridine rings is 1. The molecule has 0 saturated heterocycles. The maximum absolute atomic E-state index is 12.9. The zero-order valence-corrected chi connectivity index (χ0v) is 22.8. The summed E-state index contributed by atoms with van der Waals surface area (Å²) in [4.78, 5) is 28.8. The standard InChI is InChI=1S/C26H35N11O2/c1-17-22(12-18(13-28-17)25(38)27-8-9-37(10-11-39-4)20-6-5-7-20)32-23-21-15-29-26(33-24(21)36(3)34-23)31-19-14-30-35(2)16-19/h12-16,20H,5-11H2,1-4H3,(H,27,38)(H,32,34)(H,29,31,33). The highest BCUT2D eigenvalue weighted by Gasteiger charge is 2.24. The third-order valence-electron chi connectivity index (χ3n) is 7.00. The summed E-state index contributed by atoms with van der Waals surface area (Å²) >= 11 is 0. The predicted molar refractivity (Wildman–Crippen MR) is 148 cm³/mol. The Labute approximate surface area is 227 Å². The van der Waals surface area contributed by atoms with Crippen molar-refractivity contribution >= 4 is 40.1 Å². The number of hydrogen-bond donors (Lipinski definition) is 3. The summed E-state index contributed by atoms with van der Waals surface area (Å²) in [6, 6.07) is 2.39. The van der Waals surface area contributed by atoms with Gasteiger partial charge in [-0.15, -0.1) is 0 Å². The summed E-state index contributed by atoms with van der Waals surface area (Å²) in [6.07, 6.45) is 10.6. The van der Waals surface area contributed by atoms with E-state index in [-0.39, 0.29) is 5.91 Å². The van der Waals surface area contributed by atoms with Gasteiger partial charge >= 0.3 is 0 Å². The molecule has 4 aromatic rings. The van der Waals surface area contributed by atoms with Crippen molar-refractivity contribution in [2.45, 2.75) is 32.2 Å². The van der Waals surface area contributed by atoms with E-state index in [1.807, 2.05) is 27.2 Å². The number of anilines is 4. The molecule has 0 radical (unpaired) electrons. The first kappa shape index (κ1) is 26.5. The van der Waals surface area contributed by atoms with Crippen molar-refractivity contribution < 1.29 is 9.53 Å². The lowest BCUT2D eigenvalue weighted by atomic mass is 9.91. The van der Waals surface area contributed by atoms with E-state index in [1.54, 1.807) is 41.1 Å². The lowest BCUT2D eigenvalue weighted by Crippen LogP contribution is -2.45. The van der Waals surface area contributed by atoms with E-state index in [9.17, 15) is 4.79 Å². The van der Waals surface area contributed by atoms with Crippen LogP contribution in [0.5, 0.6) is 0 Å². The number of carbonyl (C=O) groups excluding carboxylic acids is 1. The molecule has 206 valence electrons. The number of rotatable bonds is 12. The molecule has 13 heteroatoms. The van der Waals surface area contributed by atoms with Gasteiger partial charge in [0.25, 0.3) is 5.91 Å². The van der Waals surface area contributed by atoms with Crippen molar-refractivity contribution in [2.24, 2.45) is 14.1 Å².